The van der Waals surface area contributed by atoms with Crippen LogP contribution in [0.3, 0.4) is 0 Å². The monoisotopic (exact) mass is 366 g/mol. The van der Waals surface area contributed by atoms with E-state index in [0.29, 0.717) is 17.1 Å². The highest BCUT2D eigenvalue weighted by molar-refractivity contribution is 7.71. The maximum absolute atomic E-state index is 12.7. The Labute approximate surface area is 158 Å². The summed E-state index contributed by atoms with van der Waals surface area (Å²) in [5.41, 5.74) is 4.41. The first-order valence-corrected chi connectivity index (χ1v) is 8.87. The molecule has 3 rings (SSSR count). The molecule has 2 aromatic carbocycles. The molecule has 134 valence electrons. The number of H-pyrrole nitrogens is 1. The Morgan fingerprint density at radius 2 is 1.85 bits per heavy atom. The summed E-state index contributed by atoms with van der Waals surface area (Å²) in [6.07, 6.45) is 0. The number of carbonyl (C=O) groups is 1. The molecule has 5 nitrogen and oxygen atoms in total. The first-order valence-electron chi connectivity index (χ1n) is 8.46. The molecule has 0 spiro atoms. The Kier molecular flexibility index (Phi) is 5.32. The van der Waals surface area contributed by atoms with Gasteiger partial charge < -0.3 is 4.90 Å². The van der Waals surface area contributed by atoms with Crippen molar-refractivity contribution >= 4 is 18.1 Å². The summed E-state index contributed by atoms with van der Waals surface area (Å²) in [7, 11) is 1.81. The number of nitrogens with zero attached hydrogens (tertiary/aromatic N) is 3. The predicted octanol–water partition coefficient (Wildman–Crippen LogP) is 3.88. The van der Waals surface area contributed by atoms with Crippen LogP contribution in [0.15, 0.2) is 48.5 Å². The summed E-state index contributed by atoms with van der Waals surface area (Å²) in [4.78, 5) is 14.5. The summed E-state index contributed by atoms with van der Waals surface area (Å²) < 4.78 is 2.19. The Hall–Kier alpha value is -2.73. The molecule has 0 aliphatic rings. The Balaban J connectivity index is 1.79. The van der Waals surface area contributed by atoms with Gasteiger partial charge >= 0.3 is 0 Å². The van der Waals surface area contributed by atoms with Crippen LogP contribution in [0.5, 0.6) is 0 Å². The van der Waals surface area contributed by atoms with Gasteiger partial charge in [0.1, 0.15) is 6.54 Å². The predicted molar refractivity (Wildman–Crippen MR) is 105 cm³/mol. The average molecular weight is 366 g/mol. The molecule has 0 saturated heterocycles. The van der Waals surface area contributed by atoms with E-state index in [1.54, 1.807) is 9.47 Å². The van der Waals surface area contributed by atoms with Gasteiger partial charge in [0.15, 0.2) is 10.6 Å². The highest BCUT2D eigenvalue weighted by Crippen LogP contribution is 2.18. The van der Waals surface area contributed by atoms with Gasteiger partial charge in [-0.05, 0) is 37.2 Å². The maximum atomic E-state index is 12.7. The molecule has 26 heavy (non-hydrogen) atoms. The number of aromatic amines is 1. The van der Waals surface area contributed by atoms with Crippen molar-refractivity contribution in [2.24, 2.45) is 0 Å². The zero-order valence-electron chi connectivity index (χ0n) is 15.2. The third-order valence-corrected chi connectivity index (χ3v) is 4.77. The van der Waals surface area contributed by atoms with Gasteiger partial charge in [-0.25, -0.2) is 0 Å². The van der Waals surface area contributed by atoms with E-state index >= 15 is 0 Å². The summed E-state index contributed by atoms with van der Waals surface area (Å²) in [6.45, 7) is 4.80. The molecule has 0 atom stereocenters. The van der Waals surface area contributed by atoms with Gasteiger partial charge in [0.2, 0.25) is 5.91 Å². The van der Waals surface area contributed by atoms with E-state index in [0.717, 1.165) is 11.1 Å². The minimum atomic E-state index is -0.0147. The topological polar surface area (TPSA) is 53.9 Å². The second kappa shape index (κ2) is 7.66. The highest BCUT2D eigenvalue weighted by Gasteiger charge is 2.16. The lowest BCUT2D eigenvalue weighted by Gasteiger charge is -2.19. The molecule has 0 radical (unpaired) electrons. The van der Waals surface area contributed by atoms with Crippen molar-refractivity contribution in [3.8, 4) is 11.4 Å². The zero-order chi connectivity index (χ0) is 18.7. The van der Waals surface area contributed by atoms with Crippen molar-refractivity contribution in [3.05, 3.63) is 70.0 Å². The normalized spacial score (nSPS) is 10.7. The van der Waals surface area contributed by atoms with Gasteiger partial charge in [0, 0.05) is 19.2 Å². The molecule has 3 aromatic rings. The van der Waals surface area contributed by atoms with E-state index in [-0.39, 0.29) is 12.5 Å². The van der Waals surface area contributed by atoms with Crippen LogP contribution in [-0.2, 0) is 17.9 Å². The SMILES string of the molecule is Cc1ccc(-c2n[nH]c(=S)n2CC(=O)N(C)Cc2ccccc2C)cc1. The van der Waals surface area contributed by atoms with E-state index < -0.39 is 0 Å². The summed E-state index contributed by atoms with van der Waals surface area (Å²) >= 11 is 5.33. The lowest BCUT2D eigenvalue weighted by atomic mass is 10.1. The highest BCUT2D eigenvalue weighted by atomic mass is 32.1. The van der Waals surface area contributed by atoms with Gasteiger partial charge in [-0.2, -0.15) is 5.10 Å². The van der Waals surface area contributed by atoms with Crippen LogP contribution in [0, 0.1) is 18.6 Å². The lowest BCUT2D eigenvalue weighted by molar-refractivity contribution is -0.131. The summed E-state index contributed by atoms with van der Waals surface area (Å²) in [6, 6.07) is 16.1. The second-order valence-electron chi connectivity index (χ2n) is 6.48. The molecule has 0 aliphatic carbocycles. The number of aryl methyl sites for hydroxylation is 2. The molecule has 0 bridgehead atoms. The average Bonchev–Trinajstić information content (AvgIpc) is 2.98. The number of hydrogen-bond acceptors (Lipinski definition) is 3. The van der Waals surface area contributed by atoms with Gasteiger partial charge in [0.05, 0.1) is 0 Å². The van der Waals surface area contributed by atoms with E-state index in [1.165, 1.54) is 11.1 Å². The van der Waals surface area contributed by atoms with Gasteiger partial charge in [-0.3, -0.25) is 14.5 Å². The van der Waals surface area contributed by atoms with Crippen molar-refractivity contribution in [2.75, 3.05) is 7.05 Å². The first-order chi connectivity index (χ1) is 12.5. The molecule has 1 amide bonds. The summed E-state index contributed by atoms with van der Waals surface area (Å²) in [5.74, 6) is 0.659. The van der Waals surface area contributed by atoms with E-state index in [1.807, 2.05) is 56.4 Å². The number of aromatic nitrogens is 3. The zero-order valence-corrected chi connectivity index (χ0v) is 16.0. The minimum Gasteiger partial charge on any atom is -0.340 e. The fourth-order valence-electron chi connectivity index (χ4n) is 2.77. The maximum Gasteiger partial charge on any atom is 0.242 e. The van der Waals surface area contributed by atoms with Crippen molar-refractivity contribution in [1.82, 2.24) is 19.7 Å². The molecule has 0 aliphatic heterocycles. The quantitative estimate of drug-likeness (QED) is 0.697. The number of rotatable bonds is 5. The van der Waals surface area contributed by atoms with Crippen LogP contribution < -0.4 is 0 Å². The van der Waals surface area contributed by atoms with Crippen LogP contribution in [0.1, 0.15) is 16.7 Å². The number of likely N-dealkylation sites (N-methyl/N-ethyl adjacent to an activating group) is 1. The summed E-state index contributed by atoms with van der Waals surface area (Å²) in [5, 5.41) is 7.10. The fraction of sp³-hybridized carbons (Fsp3) is 0.250. The Morgan fingerprint density at radius 3 is 2.54 bits per heavy atom. The number of hydrogen-bond donors (Lipinski definition) is 1. The van der Waals surface area contributed by atoms with Crippen LogP contribution in [-0.4, -0.2) is 32.6 Å². The molecular formula is C20H22N4OS. The van der Waals surface area contributed by atoms with E-state index in [2.05, 4.69) is 23.2 Å². The van der Waals surface area contributed by atoms with Crippen LogP contribution in [0.2, 0.25) is 0 Å². The van der Waals surface area contributed by atoms with Crippen molar-refractivity contribution in [3.63, 3.8) is 0 Å². The smallest absolute Gasteiger partial charge is 0.242 e. The fourth-order valence-corrected chi connectivity index (χ4v) is 2.97. The van der Waals surface area contributed by atoms with Gasteiger partial charge in [0.25, 0.3) is 0 Å². The molecule has 0 unspecified atom stereocenters. The van der Waals surface area contributed by atoms with Gasteiger partial charge in [-0.1, -0.05) is 54.1 Å². The molecule has 0 fully saturated rings. The molecule has 1 N–H and O–H groups in total. The molecule has 6 heteroatoms. The third kappa shape index (κ3) is 3.91. The van der Waals surface area contributed by atoms with Crippen molar-refractivity contribution in [1.29, 1.82) is 0 Å². The number of benzene rings is 2. The molecule has 1 heterocycles. The molecule has 1 aromatic heterocycles. The number of carbonyl (C=O) groups excluding carboxylic acids is 1. The Bertz CT molecular complexity index is 972. The minimum absolute atomic E-state index is 0.0147. The second-order valence-corrected chi connectivity index (χ2v) is 6.87. The van der Waals surface area contributed by atoms with Crippen LogP contribution in [0.4, 0.5) is 0 Å². The van der Waals surface area contributed by atoms with Gasteiger partial charge in [-0.15, -0.1) is 0 Å². The largest absolute Gasteiger partial charge is 0.340 e. The van der Waals surface area contributed by atoms with E-state index in [9.17, 15) is 4.79 Å². The van der Waals surface area contributed by atoms with Crippen LogP contribution in [0.25, 0.3) is 11.4 Å². The molecular weight excluding hydrogens is 344 g/mol. The Morgan fingerprint density at radius 1 is 1.15 bits per heavy atom. The molecule has 0 saturated carbocycles. The van der Waals surface area contributed by atoms with Crippen LogP contribution >= 0.6 is 12.2 Å². The third-order valence-electron chi connectivity index (χ3n) is 4.46. The number of amides is 1. The van der Waals surface area contributed by atoms with Crippen molar-refractivity contribution in [2.45, 2.75) is 26.9 Å². The van der Waals surface area contributed by atoms with E-state index in [4.69, 9.17) is 12.2 Å². The lowest BCUT2D eigenvalue weighted by Crippen LogP contribution is -2.30. The standard InChI is InChI=1S/C20H22N4OS/c1-14-8-10-16(11-9-14)19-21-22-20(26)24(19)13-18(25)23(3)12-17-7-5-4-6-15(17)2/h4-11H,12-13H2,1-3H3,(H,22,26). The number of nitrogens with one attached hydrogen (secondary N) is 1. The van der Waals surface area contributed by atoms with Crippen molar-refractivity contribution < 1.29 is 4.79 Å². The first kappa shape index (κ1) is 18.1.